The van der Waals surface area contributed by atoms with Crippen LogP contribution in [0.3, 0.4) is 0 Å². The van der Waals surface area contributed by atoms with Gasteiger partial charge in [-0.15, -0.1) is 0 Å². The highest BCUT2D eigenvalue weighted by atomic mass is 16.5. The van der Waals surface area contributed by atoms with Gasteiger partial charge in [0, 0.05) is 23.5 Å². The van der Waals surface area contributed by atoms with Crippen LogP contribution in [0.1, 0.15) is 46.5 Å². The zero-order valence-electron chi connectivity index (χ0n) is 17.2. The first-order chi connectivity index (χ1) is 13.6. The Morgan fingerprint density at radius 2 is 1.68 bits per heavy atom. The number of nitrogens with one attached hydrogen (secondary N) is 2. The lowest BCUT2D eigenvalue weighted by molar-refractivity contribution is -0.114. The molecule has 0 atom stereocenters. The molecule has 0 aliphatic heterocycles. The molecule has 5 heteroatoms. The highest BCUT2D eigenvalue weighted by Crippen LogP contribution is 2.19. The molecule has 0 aromatic heterocycles. The Balaban J connectivity index is 1.79. The molecule has 0 saturated carbocycles. The van der Waals surface area contributed by atoms with E-state index < -0.39 is 0 Å². The third-order valence-corrected chi connectivity index (χ3v) is 4.04. The van der Waals surface area contributed by atoms with E-state index >= 15 is 0 Å². The fourth-order valence-corrected chi connectivity index (χ4v) is 2.72. The van der Waals surface area contributed by atoms with Gasteiger partial charge in [-0.25, -0.2) is 0 Å². The first-order valence-corrected chi connectivity index (χ1v) is 10.1. The first-order valence-electron chi connectivity index (χ1n) is 10.1. The molecular formula is C23H32N2O3. The van der Waals surface area contributed by atoms with Gasteiger partial charge in [-0.2, -0.15) is 0 Å². The Morgan fingerprint density at radius 1 is 0.964 bits per heavy atom. The quantitative estimate of drug-likeness (QED) is 0.476. The summed E-state index contributed by atoms with van der Waals surface area (Å²) >= 11 is 0. The van der Waals surface area contributed by atoms with Crippen LogP contribution < -0.4 is 20.1 Å². The van der Waals surface area contributed by atoms with Gasteiger partial charge in [-0.05, 0) is 44.5 Å². The van der Waals surface area contributed by atoms with Gasteiger partial charge in [0.25, 0.3) is 0 Å². The lowest BCUT2D eigenvalue weighted by Crippen LogP contribution is -2.21. The molecule has 0 saturated heterocycles. The number of carbonyl (C=O) groups excluding carboxylic acids is 1. The molecule has 2 rings (SSSR count). The number of carbonyl (C=O) groups is 1. The van der Waals surface area contributed by atoms with Crippen molar-refractivity contribution in [3.05, 3.63) is 48.5 Å². The predicted molar refractivity (Wildman–Crippen MR) is 115 cm³/mol. The third-order valence-electron chi connectivity index (χ3n) is 4.04. The van der Waals surface area contributed by atoms with Crippen molar-refractivity contribution in [3.8, 4) is 11.5 Å². The average Bonchev–Trinajstić information content (AvgIpc) is 2.66. The fourth-order valence-electron chi connectivity index (χ4n) is 2.72. The molecular weight excluding hydrogens is 352 g/mol. The van der Waals surface area contributed by atoms with Crippen LogP contribution in [0.2, 0.25) is 0 Å². The van der Waals surface area contributed by atoms with Crippen molar-refractivity contribution in [1.29, 1.82) is 0 Å². The summed E-state index contributed by atoms with van der Waals surface area (Å²) in [6.07, 6.45) is 4.79. The molecule has 0 fully saturated rings. The lowest BCUT2D eigenvalue weighted by Gasteiger charge is -2.12. The number of benzene rings is 2. The van der Waals surface area contributed by atoms with Crippen LogP contribution >= 0.6 is 0 Å². The smallest absolute Gasteiger partial charge is 0.243 e. The summed E-state index contributed by atoms with van der Waals surface area (Å²) in [5.74, 6) is 1.44. The summed E-state index contributed by atoms with van der Waals surface area (Å²) in [5.41, 5.74) is 1.58. The molecule has 0 spiro atoms. The molecule has 1 amide bonds. The van der Waals surface area contributed by atoms with E-state index in [0.29, 0.717) is 6.61 Å². The van der Waals surface area contributed by atoms with Crippen molar-refractivity contribution in [1.82, 2.24) is 0 Å². The molecule has 152 valence electrons. The Morgan fingerprint density at radius 3 is 2.43 bits per heavy atom. The van der Waals surface area contributed by atoms with Gasteiger partial charge in [0.2, 0.25) is 5.91 Å². The van der Waals surface area contributed by atoms with Crippen LogP contribution in [0.25, 0.3) is 0 Å². The minimum atomic E-state index is -0.115. The van der Waals surface area contributed by atoms with E-state index in [1.54, 1.807) is 0 Å². The Hall–Kier alpha value is -2.69. The zero-order chi connectivity index (χ0) is 20.2. The van der Waals surface area contributed by atoms with Gasteiger partial charge < -0.3 is 20.1 Å². The minimum absolute atomic E-state index is 0.111. The second-order valence-electron chi connectivity index (χ2n) is 7.03. The monoisotopic (exact) mass is 384 g/mol. The molecule has 2 aromatic carbocycles. The molecule has 2 aromatic rings. The van der Waals surface area contributed by atoms with Crippen molar-refractivity contribution in [2.24, 2.45) is 0 Å². The van der Waals surface area contributed by atoms with Gasteiger partial charge in [0.15, 0.2) is 0 Å². The summed E-state index contributed by atoms with van der Waals surface area (Å²) < 4.78 is 11.4. The Bertz CT molecular complexity index is 731. The number of rotatable bonds is 12. The van der Waals surface area contributed by atoms with Crippen molar-refractivity contribution in [2.75, 3.05) is 23.8 Å². The average molecular weight is 385 g/mol. The van der Waals surface area contributed by atoms with Crippen LogP contribution in [-0.2, 0) is 4.79 Å². The summed E-state index contributed by atoms with van der Waals surface area (Å²) in [7, 11) is 0. The summed E-state index contributed by atoms with van der Waals surface area (Å²) in [6.45, 7) is 7.03. The topological polar surface area (TPSA) is 59.6 Å². The van der Waals surface area contributed by atoms with Gasteiger partial charge in [-0.3, -0.25) is 4.79 Å². The first kappa shape index (κ1) is 21.6. The van der Waals surface area contributed by atoms with Gasteiger partial charge in [0.1, 0.15) is 11.5 Å². The third kappa shape index (κ3) is 8.33. The van der Waals surface area contributed by atoms with E-state index in [-0.39, 0.29) is 18.6 Å². The maximum Gasteiger partial charge on any atom is 0.243 e. The SMILES string of the molecule is CCCCCCOc1cccc(NC(=O)CNc2cccc(OC(C)C)c2)c1. The van der Waals surface area contributed by atoms with Crippen LogP contribution in [0.4, 0.5) is 11.4 Å². The molecule has 2 N–H and O–H groups in total. The fraction of sp³-hybridized carbons (Fsp3) is 0.435. The van der Waals surface area contributed by atoms with Crippen molar-refractivity contribution in [3.63, 3.8) is 0 Å². The second kappa shape index (κ2) is 11.9. The maximum atomic E-state index is 12.2. The molecule has 0 unspecified atom stereocenters. The lowest BCUT2D eigenvalue weighted by atomic mass is 10.2. The summed E-state index contributed by atoms with van der Waals surface area (Å²) in [5, 5.41) is 6.02. The molecule has 0 aliphatic carbocycles. The molecule has 0 heterocycles. The number of ether oxygens (including phenoxy) is 2. The van der Waals surface area contributed by atoms with E-state index in [0.717, 1.165) is 29.3 Å². The number of anilines is 2. The van der Waals surface area contributed by atoms with Gasteiger partial charge in [0.05, 0.1) is 19.3 Å². The van der Waals surface area contributed by atoms with Gasteiger partial charge in [-0.1, -0.05) is 38.3 Å². The maximum absolute atomic E-state index is 12.2. The van der Waals surface area contributed by atoms with Crippen molar-refractivity contribution < 1.29 is 14.3 Å². The second-order valence-corrected chi connectivity index (χ2v) is 7.03. The van der Waals surface area contributed by atoms with E-state index in [9.17, 15) is 4.79 Å². The molecule has 0 radical (unpaired) electrons. The number of unbranched alkanes of at least 4 members (excludes halogenated alkanes) is 3. The highest BCUT2D eigenvalue weighted by molar-refractivity contribution is 5.93. The normalized spacial score (nSPS) is 10.6. The van der Waals surface area contributed by atoms with Crippen LogP contribution in [0.15, 0.2) is 48.5 Å². The van der Waals surface area contributed by atoms with Crippen LogP contribution in [-0.4, -0.2) is 25.2 Å². The summed E-state index contributed by atoms with van der Waals surface area (Å²) in [4.78, 5) is 12.2. The van der Waals surface area contributed by atoms with E-state index in [1.165, 1.54) is 19.3 Å². The minimum Gasteiger partial charge on any atom is -0.494 e. The van der Waals surface area contributed by atoms with Gasteiger partial charge >= 0.3 is 0 Å². The Labute approximate surface area is 168 Å². The standard InChI is InChI=1S/C23H32N2O3/c1-4-5-6-7-14-27-21-12-9-11-20(16-21)25-23(26)17-24-19-10-8-13-22(15-19)28-18(2)3/h8-13,15-16,18,24H,4-7,14,17H2,1-3H3,(H,25,26). The van der Waals surface area contributed by atoms with Crippen molar-refractivity contribution >= 4 is 17.3 Å². The molecule has 0 bridgehead atoms. The number of hydrogen-bond donors (Lipinski definition) is 2. The largest absolute Gasteiger partial charge is 0.494 e. The Kier molecular flexibility index (Phi) is 9.19. The molecule has 0 aliphatic rings. The highest BCUT2D eigenvalue weighted by Gasteiger charge is 2.05. The van der Waals surface area contributed by atoms with Crippen molar-refractivity contribution in [2.45, 2.75) is 52.6 Å². The van der Waals surface area contributed by atoms with E-state index in [1.807, 2.05) is 62.4 Å². The number of amides is 1. The zero-order valence-corrected chi connectivity index (χ0v) is 17.2. The van der Waals surface area contributed by atoms with Crippen LogP contribution in [0, 0.1) is 0 Å². The molecule has 28 heavy (non-hydrogen) atoms. The summed E-state index contributed by atoms with van der Waals surface area (Å²) in [6, 6.07) is 15.1. The van der Waals surface area contributed by atoms with E-state index in [2.05, 4.69) is 17.6 Å². The predicted octanol–water partition coefficient (Wildman–Crippen LogP) is 5.48. The van der Waals surface area contributed by atoms with Crippen LogP contribution in [0.5, 0.6) is 11.5 Å². The number of hydrogen-bond acceptors (Lipinski definition) is 4. The molecule has 5 nitrogen and oxygen atoms in total. The van der Waals surface area contributed by atoms with E-state index in [4.69, 9.17) is 9.47 Å².